The Morgan fingerprint density at radius 2 is 1.93 bits per heavy atom. The fraction of sp³-hybridized carbons (Fsp3) is 0.400. The molecule has 0 aliphatic carbocycles. The van der Waals surface area contributed by atoms with E-state index < -0.39 is 0 Å². The number of rotatable bonds is 7. The molecule has 2 fully saturated rings. The maximum absolute atomic E-state index is 5.86. The second-order valence-electron chi connectivity index (χ2n) is 10.8. The van der Waals surface area contributed by atoms with E-state index in [2.05, 4.69) is 54.3 Å². The Balaban J connectivity index is 1.15. The van der Waals surface area contributed by atoms with Crippen molar-refractivity contribution in [2.45, 2.75) is 44.7 Å². The van der Waals surface area contributed by atoms with Crippen molar-refractivity contribution < 1.29 is 9.47 Å². The van der Waals surface area contributed by atoms with Gasteiger partial charge in [0.05, 0.1) is 37.0 Å². The molecule has 1 unspecified atom stereocenters. The van der Waals surface area contributed by atoms with Crippen LogP contribution in [0.2, 0.25) is 0 Å². The first-order valence-corrected chi connectivity index (χ1v) is 14.1. The molecule has 10 heteroatoms. The zero-order chi connectivity index (χ0) is 27.1. The number of nitrogens with zero attached hydrogens (tertiary/aromatic N) is 7. The van der Waals surface area contributed by atoms with E-state index in [1.807, 2.05) is 42.3 Å². The van der Waals surface area contributed by atoms with Gasteiger partial charge in [0.25, 0.3) is 0 Å². The van der Waals surface area contributed by atoms with Crippen molar-refractivity contribution in [3.8, 4) is 22.8 Å². The van der Waals surface area contributed by atoms with Gasteiger partial charge in [0, 0.05) is 54.8 Å². The first-order chi connectivity index (χ1) is 19.7. The van der Waals surface area contributed by atoms with E-state index in [0.717, 1.165) is 71.8 Å². The average molecular weight is 539 g/mol. The molecule has 0 amide bonds. The smallest absolute Gasteiger partial charge is 0.212 e. The monoisotopic (exact) mass is 538 g/mol. The number of H-pyrrole nitrogens is 1. The van der Waals surface area contributed by atoms with Crippen LogP contribution in [0.15, 0.2) is 55.1 Å². The molecular formula is C30H34N8O2. The normalized spacial score (nSPS) is 19.7. The number of ether oxygens (including phenoxy) is 2. The Kier molecular flexibility index (Phi) is 6.27. The predicted octanol–water partition coefficient (Wildman–Crippen LogP) is 4.71. The number of likely N-dealkylation sites (tertiary alicyclic amines) is 1. The van der Waals surface area contributed by atoms with E-state index >= 15 is 0 Å². The lowest BCUT2D eigenvalue weighted by Crippen LogP contribution is -2.55. The van der Waals surface area contributed by atoms with Crippen molar-refractivity contribution in [2.75, 3.05) is 38.3 Å². The van der Waals surface area contributed by atoms with Crippen LogP contribution in [-0.2, 0) is 6.54 Å². The van der Waals surface area contributed by atoms with Crippen LogP contribution in [0.25, 0.3) is 27.7 Å². The molecule has 0 radical (unpaired) electrons. The summed E-state index contributed by atoms with van der Waals surface area (Å²) in [5.41, 5.74) is 5.20. The van der Waals surface area contributed by atoms with Crippen LogP contribution in [0.1, 0.15) is 38.2 Å². The maximum Gasteiger partial charge on any atom is 0.212 e. The van der Waals surface area contributed by atoms with Gasteiger partial charge in [-0.2, -0.15) is 5.10 Å². The van der Waals surface area contributed by atoms with Gasteiger partial charge in [-0.05, 0) is 62.9 Å². The Labute approximate surface area is 232 Å². The molecule has 2 aliphatic rings. The number of fused-ring (bicyclic) bond motifs is 3. The highest BCUT2D eigenvalue weighted by Crippen LogP contribution is 2.40. The quantitative estimate of drug-likeness (QED) is 0.318. The number of aromatic nitrogens is 6. The third kappa shape index (κ3) is 4.32. The minimum Gasteiger partial charge on any atom is -0.492 e. The number of hydrogen-bond acceptors (Lipinski definition) is 8. The molecular weight excluding hydrogens is 504 g/mol. The molecule has 0 saturated carbocycles. The zero-order valence-electron chi connectivity index (χ0n) is 23.0. The summed E-state index contributed by atoms with van der Waals surface area (Å²) >= 11 is 0. The number of hydrogen-bond donors (Lipinski definition) is 1. The van der Waals surface area contributed by atoms with Crippen LogP contribution in [0.5, 0.6) is 11.6 Å². The summed E-state index contributed by atoms with van der Waals surface area (Å²) in [4.78, 5) is 14.5. The molecule has 0 bridgehead atoms. The molecule has 2 aliphatic heterocycles. The van der Waals surface area contributed by atoms with Gasteiger partial charge in [-0.3, -0.25) is 10.00 Å². The lowest BCUT2D eigenvalue weighted by Gasteiger charge is -2.46. The van der Waals surface area contributed by atoms with Gasteiger partial charge < -0.3 is 14.4 Å². The lowest BCUT2D eigenvalue weighted by atomic mass is 9.86. The Hall–Kier alpha value is -4.18. The molecule has 5 aromatic rings. The van der Waals surface area contributed by atoms with Gasteiger partial charge >= 0.3 is 0 Å². The lowest BCUT2D eigenvalue weighted by molar-refractivity contribution is 0.108. The summed E-state index contributed by atoms with van der Waals surface area (Å²) in [5, 5.41) is 12.8. The van der Waals surface area contributed by atoms with Gasteiger partial charge in [0.1, 0.15) is 11.6 Å². The Morgan fingerprint density at radius 1 is 1.02 bits per heavy atom. The van der Waals surface area contributed by atoms with E-state index in [0.29, 0.717) is 12.5 Å². The number of pyridine rings is 3. The summed E-state index contributed by atoms with van der Waals surface area (Å²) in [6.07, 6.45) is 12.5. The first-order valence-electron chi connectivity index (χ1n) is 14.1. The Morgan fingerprint density at radius 3 is 2.70 bits per heavy atom. The Bertz CT molecular complexity index is 1630. The minimum absolute atomic E-state index is 0.168. The topological polar surface area (TPSA) is 96.7 Å². The fourth-order valence-corrected chi connectivity index (χ4v) is 6.60. The molecule has 7 rings (SSSR count). The van der Waals surface area contributed by atoms with Crippen molar-refractivity contribution >= 4 is 22.4 Å². The highest BCUT2D eigenvalue weighted by Gasteiger charge is 2.44. The summed E-state index contributed by atoms with van der Waals surface area (Å²) in [5.74, 6) is 2.46. The van der Waals surface area contributed by atoms with Crippen molar-refractivity contribution in [3.05, 3.63) is 60.7 Å². The summed E-state index contributed by atoms with van der Waals surface area (Å²) in [7, 11) is 1.66. The van der Waals surface area contributed by atoms with Crippen LogP contribution in [0, 0.1) is 0 Å². The van der Waals surface area contributed by atoms with Crippen LogP contribution >= 0.6 is 0 Å². The van der Waals surface area contributed by atoms with Crippen LogP contribution < -0.4 is 14.4 Å². The number of piperidine rings is 1. The zero-order valence-corrected chi connectivity index (χ0v) is 23.0. The second-order valence-corrected chi connectivity index (χ2v) is 10.8. The number of aromatic amines is 1. The molecule has 1 N–H and O–H groups in total. The number of anilines is 1. The minimum atomic E-state index is 0.168. The molecule has 7 heterocycles. The highest BCUT2D eigenvalue weighted by atomic mass is 16.5. The van der Waals surface area contributed by atoms with Gasteiger partial charge in [-0.1, -0.05) is 6.07 Å². The van der Waals surface area contributed by atoms with Crippen molar-refractivity contribution in [1.82, 2.24) is 34.7 Å². The molecule has 5 aromatic heterocycles. The third-order valence-electron chi connectivity index (χ3n) is 8.47. The van der Waals surface area contributed by atoms with Crippen LogP contribution in [0.4, 0.5) is 5.82 Å². The summed E-state index contributed by atoms with van der Waals surface area (Å²) in [6, 6.07) is 10.5. The molecule has 1 spiro atoms. The fourth-order valence-electron chi connectivity index (χ4n) is 6.60. The first kappa shape index (κ1) is 24.8. The van der Waals surface area contributed by atoms with E-state index in [1.165, 1.54) is 24.8 Å². The van der Waals surface area contributed by atoms with E-state index in [-0.39, 0.29) is 5.54 Å². The summed E-state index contributed by atoms with van der Waals surface area (Å²) < 4.78 is 13.0. The SMILES string of the molecule is CCOc1cc(-c2ccc(N3CCCC4(CCCN4Cc4ccc(OC)nc4)C3)nc2)c2c3cn[nH]c3nn2c1. The highest BCUT2D eigenvalue weighted by molar-refractivity contribution is 6.00. The molecule has 40 heavy (non-hydrogen) atoms. The molecule has 2 saturated heterocycles. The molecule has 10 nitrogen and oxygen atoms in total. The van der Waals surface area contributed by atoms with Gasteiger partial charge in [-0.15, -0.1) is 5.10 Å². The number of nitrogens with one attached hydrogen (secondary N) is 1. The van der Waals surface area contributed by atoms with E-state index in [1.54, 1.807) is 7.11 Å². The van der Waals surface area contributed by atoms with Gasteiger partial charge in [0.15, 0.2) is 5.65 Å². The van der Waals surface area contributed by atoms with Crippen molar-refractivity contribution in [2.24, 2.45) is 0 Å². The van der Waals surface area contributed by atoms with Gasteiger partial charge in [0.2, 0.25) is 5.88 Å². The van der Waals surface area contributed by atoms with E-state index in [4.69, 9.17) is 14.5 Å². The van der Waals surface area contributed by atoms with Crippen molar-refractivity contribution in [1.29, 1.82) is 0 Å². The van der Waals surface area contributed by atoms with Crippen molar-refractivity contribution in [3.63, 3.8) is 0 Å². The average Bonchev–Trinajstić information content (AvgIpc) is 3.69. The third-order valence-corrected chi connectivity index (χ3v) is 8.47. The predicted molar refractivity (Wildman–Crippen MR) is 154 cm³/mol. The second kappa shape index (κ2) is 10.1. The number of methoxy groups -OCH3 is 1. The summed E-state index contributed by atoms with van der Waals surface area (Å²) in [6.45, 7) is 6.62. The molecule has 206 valence electrons. The van der Waals surface area contributed by atoms with Crippen LogP contribution in [0.3, 0.4) is 0 Å². The van der Waals surface area contributed by atoms with Crippen LogP contribution in [-0.4, -0.2) is 73.6 Å². The van der Waals surface area contributed by atoms with E-state index in [9.17, 15) is 0 Å². The van der Waals surface area contributed by atoms with Gasteiger partial charge in [-0.25, -0.2) is 14.5 Å². The largest absolute Gasteiger partial charge is 0.492 e. The molecule has 0 aromatic carbocycles. The molecule has 1 atom stereocenters. The standard InChI is InChI=1S/C30H34N8O2/c1-3-40-23-14-24(28-25-17-33-34-29(25)35-38(28)19-23)22-7-8-26(31-16-22)36-12-4-10-30(20-36)11-5-13-37(30)18-21-6-9-27(39-2)32-15-21/h6-9,14-17,19H,3-5,10-13,18,20H2,1-2H3,(H,34,35). The maximum atomic E-state index is 5.86.